The minimum absolute atomic E-state index is 0.911. The number of hydrogen-bond acceptors (Lipinski definition) is 2. The molecule has 3 heterocycles. The Balaban J connectivity index is 1.07. The highest BCUT2D eigenvalue weighted by Gasteiger charge is 2.18. The number of hydrogen-bond donors (Lipinski definition) is 0. The molecule has 0 amide bonds. The van der Waals surface area contributed by atoms with Gasteiger partial charge in [-0.05, 0) is 107 Å². The van der Waals surface area contributed by atoms with Crippen LogP contribution in [-0.4, -0.2) is 4.57 Å². The van der Waals surface area contributed by atoms with Crippen LogP contribution in [0.3, 0.4) is 0 Å². The molecule has 250 valence electrons. The van der Waals surface area contributed by atoms with Crippen molar-refractivity contribution in [1.82, 2.24) is 4.57 Å². The molecule has 3 nitrogen and oxygen atoms in total. The second-order valence-electron chi connectivity index (χ2n) is 14.2. The lowest BCUT2D eigenvalue weighted by atomic mass is 9.91. The van der Waals surface area contributed by atoms with E-state index in [4.69, 9.17) is 8.83 Å². The van der Waals surface area contributed by atoms with Crippen LogP contribution in [-0.2, 0) is 0 Å². The number of para-hydroxylation sites is 4. The lowest BCUT2D eigenvalue weighted by molar-refractivity contribution is 0.668. The van der Waals surface area contributed by atoms with E-state index in [0.717, 1.165) is 55.3 Å². The highest BCUT2D eigenvalue weighted by atomic mass is 16.3. The number of nitrogens with zero attached hydrogens (tertiary/aromatic N) is 1. The van der Waals surface area contributed by atoms with Crippen molar-refractivity contribution in [3.63, 3.8) is 0 Å². The number of aryl methyl sites for hydroxylation is 2. The molecule has 8 aromatic carbocycles. The first-order valence-electron chi connectivity index (χ1n) is 18.2. The van der Waals surface area contributed by atoms with Crippen LogP contribution in [0.5, 0.6) is 0 Å². The minimum atomic E-state index is 0.911. The van der Waals surface area contributed by atoms with E-state index < -0.39 is 0 Å². The molecular formula is C50H33NO2. The van der Waals surface area contributed by atoms with E-state index in [1.807, 2.05) is 24.3 Å². The Morgan fingerprint density at radius 1 is 0.396 bits per heavy atom. The minimum Gasteiger partial charge on any atom is -0.456 e. The first-order chi connectivity index (χ1) is 26.1. The van der Waals surface area contributed by atoms with Gasteiger partial charge in [0.25, 0.3) is 0 Å². The molecule has 0 aliphatic rings. The Morgan fingerprint density at radius 3 is 1.81 bits per heavy atom. The van der Waals surface area contributed by atoms with Gasteiger partial charge >= 0.3 is 0 Å². The summed E-state index contributed by atoms with van der Waals surface area (Å²) in [5, 5.41) is 7.06. The highest BCUT2D eigenvalue weighted by Crippen LogP contribution is 2.42. The van der Waals surface area contributed by atoms with Crippen LogP contribution in [0.2, 0.25) is 0 Å². The molecule has 3 heteroatoms. The molecule has 3 aromatic heterocycles. The fraction of sp³-hybridized carbons (Fsp3) is 0.0400. The Kier molecular flexibility index (Phi) is 6.38. The lowest BCUT2D eigenvalue weighted by Crippen LogP contribution is -1.93. The average Bonchev–Trinajstić information content (AvgIpc) is 3.88. The van der Waals surface area contributed by atoms with Gasteiger partial charge in [-0.2, -0.15) is 0 Å². The summed E-state index contributed by atoms with van der Waals surface area (Å²) in [5.74, 6) is 0. The summed E-state index contributed by atoms with van der Waals surface area (Å²) in [7, 11) is 0. The Bertz CT molecular complexity index is 3250. The van der Waals surface area contributed by atoms with Crippen LogP contribution >= 0.6 is 0 Å². The molecular weight excluding hydrogens is 647 g/mol. The van der Waals surface area contributed by atoms with E-state index >= 15 is 0 Å². The van der Waals surface area contributed by atoms with Gasteiger partial charge in [0.2, 0.25) is 0 Å². The smallest absolute Gasteiger partial charge is 0.143 e. The quantitative estimate of drug-likeness (QED) is 0.185. The number of rotatable bonds is 4. The molecule has 53 heavy (non-hydrogen) atoms. The molecule has 0 aliphatic carbocycles. The summed E-state index contributed by atoms with van der Waals surface area (Å²) < 4.78 is 15.0. The average molecular weight is 680 g/mol. The van der Waals surface area contributed by atoms with Gasteiger partial charge in [0.1, 0.15) is 22.3 Å². The molecule has 11 rings (SSSR count). The molecule has 0 atom stereocenters. The van der Waals surface area contributed by atoms with Crippen LogP contribution in [0.25, 0.3) is 105 Å². The summed E-state index contributed by atoms with van der Waals surface area (Å²) in [4.78, 5) is 0. The highest BCUT2D eigenvalue weighted by molar-refractivity contribution is 6.14. The summed E-state index contributed by atoms with van der Waals surface area (Å²) >= 11 is 0. The van der Waals surface area contributed by atoms with Crippen molar-refractivity contribution in [1.29, 1.82) is 0 Å². The molecule has 0 unspecified atom stereocenters. The summed E-state index contributed by atoms with van der Waals surface area (Å²) in [6, 6.07) is 58.7. The van der Waals surface area contributed by atoms with Gasteiger partial charge < -0.3 is 13.4 Å². The largest absolute Gasteiger partial charge is 0.456 e. The van der Waals surface area contributed by atoms with E-state index in [0.29, 0.717) is 0 Å². The predicted molar refractivity (Wildman–Crippen MR) is 221 cm³/mol. The van der Waals surface area contributed by atoms with Crippen LogP contribution < -0.4 is 0 Å². The topological polar surface area (TPSA) is 31.2 Å². The van der Waals surface area contributed by atoms with Crippen molar-refractivity contribution < 1.29 is 8.83 Å². The van der Waals surface area contributed by atoms with Gasteiger partial charge in [0.15, 0.2) is 0 Å². The third kappa shape index (κ3) is 4.47. The standard InChI is InChI=1S/C50H33NO2/c1-30-27-32(19-22-36(30)37-23-26-48-49(31(37)2)41-14-7-9-18-47(41)52-48)33-20-24-44-42(28-33)43-29-34(21-25-45(43)51(44)35-11-4-3-5-12-35)38-15-10-16-40-39-13-6-8-17-46(39)53-50(38)40/h3-29H,1-2H3. The number of furan rings is 2. The van der Waals surface area contributed by atoms with Crippen LogP contribution in [0.1, 0.15) is 11.1 Å². The third-order valence-corrected chi connectivity index (χ3v) is 11.1. The normalized spacial score (nSPS) is 12.0. The maximum Gasteiger partial charge on any atom is 0.143 e. The van der Waals surface area contributed by atoms with E-state index in [-0.39, 0.29) is 0 Å². The zero-order valence-corrected chi connectivity index (χ0v) is 29.4. The molecule has 0 spiro atoms. The van der Waals surface area contributed by atoms with Gasteiger partial charge in [-0.15, -0.1) is 0 Å². The molecule has 0 saturated carbocycles. The Labute approximate surface area is 305 Å². The Hall–Kier alpha value is -6.84. The van der Waals surface area contributed by atoms with Gasteiger partial charge in [0.05, 0.1) is 11.0 Å². The van der Waals surface area contributed by atoms with E-state index in [1.165, 1.54) is 60.6 Å². The fourth-order valence-electron chi connectivity index (χ4n) is 8.62. The van der Waals surface area contributed by atoms with Gasteiger partial charge in [-0.3, -0.25) is 0 Å². The van der Waals surface area contributed by atoms with Gasteiger partial charge in [-0.25, -0.2) is 0 Å². The van der Waals surface area contributed by atoms with Gasteiger partial charge in [0, 0.05) is 43.6 Å². The third-order valence-electron chi connectivity index (χ3n) is 11.1. The van der Waals surface area contributed by atoms with Crippen molar-refractivity contribution >= 4 is 65.7 Å². The lowest BCUT2D eigenvalue weighted by Gasteiger charge is -2.13. The molecule has 0 saturated heterocycles. The Morgan fingerprint density at radius 2 is 1.02 bits per heavy atom. The zero-order valence-electron chi connectivity index (χ0n) is 29.4. The van der Waals surface area contributed by atoms with Crippen molar-refractivity contribution in [3.05, 3.63) is 175 Å². The van der Waals surface area contributed by atoms with Gasteiger partial charge in [-0.1, -0.05) is 109 Å². The first kappa shape index (κ1) is 29.8. The van der Waals surface area contributed by atoms with E-state index in [9.17, 15) is 0 Å². The second kappa shape index (κ2) is 11.3. The first-order valence-corrected chi connectivity index (χ1v) is 18.2. The number of benzene rings is 8. The number of aromatic nitrogens is 1. The molecule has 0 bridgehead atoms. The van der Waals surface area contributed by atoms with E-state index in [2.05, 4.69) is 158 Å². The fourth-order valence-corrected chi connectivity index (χ4v) is 8.62. The monoisotopic (exact) mass is 679 g/mol. The molecule has 0 fully saturated rings. The second-order valence-corrected chi connectivity index (χ2v) is 14.2. The maximum absolute atomic E-state index is 6.48. The molecule has 0 N–H and O–H groups in total. The summed E-state index contributed by atoms with van der Waals surface area (Å²) in [6.07, 6.45) is 0. The summed E-state index contributed by atoms with van der Waals surface area (Å²) in [5.41, 5.74) is 16.8. The maximum atomic E-state index is 6.48. The van der Waals surface area contributed by atoms with Crippen LogP contribution in [0.4, 0.5) is 0 Å². The SMILES string of the molecule is Cc1cc(-c2ccc3c(c2)c2cc(-c4cccc5c4oc4ccccc45)ccc2n3-c2ccccc2)ccc1-c1ccc2oc3ccccc3c2c1C. The van der Waals surface area contributed by atoms with Crippen molar-refractivity contribution in [2.45, 2.75) is 13.8 Å². The van der Waals surface area contributed by atoms with Crippen LogP contribution in [0.15, 0.2) is 173 Å². The molecule has 0 aliphatic heterocycles. The molecule has 0 radical (unpaired) electrons. The van der Waals surface area contributed by atoms with Crippen molar-refractivity contribution in [2.75, 3.05) is 0 Å². The zero-order chi connectivity index (χ0) is 35.2. The van der Waals surface area contributed by atoms with Crippen molar-refractivity contribution in [2.24, 2.45) is 0 Å². The van der Waals surface area contributed by atoms with Crippen molar-refractivity contribution in [3.8, 4) is 39.1 Å². The predicted octanol–water partition coefficient (Wildman–Crippen LogP) is 14.2. The van der Waals surface area contributed by atoms with E-state index in [1.54, 1.807) is 0 Å². The molecule has 11 aromatic rings. The van der Waals surface area contributed by atoms with Crippen LogP contribution in [0, 0.1) is 13.8 Å². The number of fused-ring (bicyclic) bond motifs is 9. The summed E-state index contributed by atoms with van der Waals surface area (Å²) in [6.45, 7) is 4.44.